The summed E-state index contributed by atoms with van der Waals surface area (Å²) < 4.78 is 0. The van der Waals surface area contributed by atoms with E-state index in [4.69, 9.17) is 6.42 Å². The maximum absolute atomic E-state index is 5.50. The molecule has 1 aromatic heterocycles. The molecule has 0 atom stereocenters. The lowest BCUT2D eigenvalue weighted by Crippen LogP contribution is -1.90. The topological polar surface area (TPSA) is 25.8 Å². The fourth-order valence-electron chi connectivity index (χ4n) is 1.92. The van der Waals surface area contributed by atoms with Gasteiger partial charge < -0.3 is 0 Å². The molecule has 0 spiro atoms. The van der Waals surface area contributed by atoms with Gasteiger partial charge in [0.05, 0.1) is 22.9 Å². The molecular formula is C16H10N2. The molecule has 0 aliphatic heterocycles. The Morgan fingerprint density at radius 2 is 1.61 bits per heavy atom. The van der Waals surface area contributed by atoms with E-state index in [2.05, 4.69) is 15.9 Å². The molecule has 18 heavy (non-hydrogen) atoms. The molecule has 0 amide bonds. The van der Waals surface area contributed by atoms with Gasteiger partial charge in [0.25, 0.3) is 0 Å². The minimum absolute atomic E-state index is 0.808. The Kier molecular flexibility index (Phi) is 2.51. The van der Waals surface area contributed by atoms with E-state index in [1.165, 1.54) is 0 Å². The van der Waals surface area contributed by atoms with E-state index in [1.54, 1.807) is 6.20 Å². The summed E-state index contributed by atoms with van der Waals surface area (Å²) in [6.07, 6.45) is 7.26. The van der Waals surface area contributed by atoms with Gasteiger partial charge in [-0.1, -0.05) is 36.3 Å². The van der Waals surface area contributed by atoms with Crippen LogP contribution in [0.4, 0.5) is 0 Å². The number of nitrogens with zero attached hydrogens (tertiary/aromatic N) is 2. The monoisotopic (exact) mass is 230 g/mol. The fourth-order valence-corrected chi connectivity index (χ4v) is 1.92. The summed E-state index contributed by atoms with van der Waals surface area (Å²) in [6.45, 7) is 0. The average molecular weight is 230 g/mol. The number of benzene rings is 2. The maximum atomic E-state index is 5.50. The van der Waals surface area contributed by atoms with Crippen molar-refractivity contribution in [3.8, 4) is 23.6 Å². The number of para-hydroxylation sites is 2. The van der Waals surface area contributed by atoms with Crippen LogP contribution in [-0.4, -0.2) is 9.97 Å². The van der Waals surface area contributed by atoms with E-state index < -0.39 is 0 Å². The normalized spacial score (nSPS) is 10.2. The molecule has 0 aliphatic rings. The first kappa shape index (κ1) is 10.5. The Labute approximate surface area is 105 Å². The van der Waals surface area contributed by atoms with Gasteiger partial charge in [0, 0.05) is 11.1 Å². The SMILES string of the molecule is C#Cc1ccccc1-c1cnc2ccccc2n1. The highest BCUT2D eigenvalue weighted by molar-refractivity contribution is 5.78. The standard InChI is InChI=1S/C16H10N2/c1-2-12-7-3-4-8-13(12)16-11-17-14-9-5-6-10-15(14)18-16/h1,3-11H. The van der Waals surface area contributed by atoms with E-state index in [9.17, 15) is 0 Å². The molecule has 0 bridgehead atoms. The molecule has 3 aromatic rings. The van der Waals surface area contributed by atoms with Crippen LogP contribution in [-0.2, 0) is 0 Å². The molecule has 2 heteroatoms. The van der Waals surface area contributed by atoms with E-state index in [0.717, 1.165) is 27.9 Å². The number of aromatic nitrogens is 2. The van der Waals surface area contributed by atoms with Gasteiger partial charge in [-0.15, -0.1) is 6.42 Å². The third kappa shape index (κ3) is 1.72. The van der Waals surface area contributed by atoms with Gasteiger partial charge in [0.2, 0.25) is 0 Å². The highest BCUT2D eigenvalue weighted by atomic mass is 14.8. The van der Waals surface area contributed by atoms with Crippen LogP contribution in [0, 0.1) is 12.3 Å². The highest BCUT2D eigenvalue weighted by Gasteiger charge is 2.05. The molecule has 2 nitrogen and oxygen atoms in total. The van der Waals surface area contributed by atoms with Crippen molar-refractivity contribution < 1.29 is 0 Å². The number of hydrogen-bond donors (Lipinski definition) is 0. The van der Waals surface area contributed by atoms with E-state index in [0.29, 0.717) is 0 Å². The van der Waals surface area contributed by atoms with Crippen LogP contribution in [0.1, 0.15) is 5.56 Å². The van der Waals surface area contributed by atoms with Crippen LogP contribution in [0.5, 0.6) is 0 Å². The third-order valence-corrected chi connectivity index (χ3v) is 2.81. The van der Waals surface area contributed by atoms with Crippen molar-refractivity contribution >= 4 is 11.0 Å². The van der Waals surface area contributed by atoms with Crippen molar-refractivity contribution in [3.63, 3.8) is 0 Å². The summed E-state index contributed by atoms with van der Waals surface area (Å²) in [5.74, 6) is 2.67. The second-order valence-electron chi connectivity index (χ2n) is 3.93. The molecule has 0 radical (unpaired) electrons. The van der Waals surface area contributed by atoms with Crippen LogP contribution in [0.25, 0.3) is 22.3 Å². The molecule has 0 saturated carbocycles. The Hall–Kier alpha value is -2.66. The summed E-state index contributed by atoms with van der Waals surface area (Å²) >= 11 is 0. The van der Waals surface area contributed by atoms with Crippen LogP contribution in [0.3, 0.4) is 0 Å². The first-order valence-electron chi connectivity index (χ1n) is 5.66. The van der Waals surface area contributed by atoms with Gasteiger partial charge in [-0.25, -0.2) is 4.98 Å². The fraction of sp³-hybridized carbons (Fsp3) is 0. The number of hydrogen-bond acceptors (Lipinski definition) is 2. The molecule has 0 saturated heterocycles. The first-order chi connectivity index (χ1) is 8.88. The Morgan fingerprint density at radius 1 is 0.889 bits per heavy atom. The second kappa shape index (κ2) is 4.31. The van der Waals surface area contributed by atoms with Gasteiger partial charge in [0.1, 0.15) is 0 Å². The minimum Gasteiger partial charge on any atom is -0.252 e. The van der Waals surface area contributed by atoms with Gasteiger partial charge in [-0.3, -0.25) is 4.98 Å². The first-order valence-corrected chi connectivity index (χ1v) is 5.66. The summed E-state index contributed by atoms with van der Waals surface area (Å²) in [5, 5.41) is 0. The lowest BCUT2D eigenvalue weighted by molar-refractivity contribution is 1.29. The van der Waals surface area contributed by atoms with Crippen molar-refractivity contribution in [2.75, 3.05) is 0 Å². The smallest absolute Gasteiger partial charge is 0.0905 e. The predicted molar refractivity (Wildman–Crippen MR) is 72.9 cm³/mol. The summed E-state index contributed by atoms with van der Waals surface area (Å²) in [5.41, 5.74) is 4.35. The molecule has 0 aliphatic carbocycles. The molecule has 2 aromatic carbocycles. The zero-order valence-electron chi connectivity index (χ0n) is 9.67. The zero-order chi connectivity index (χ0) is 12.4. The maximum Gasteiger partial charge on any atom is 0.0905 e. The van der Waals surface area contributed by atoms with E-state index in [1.807, 2.05) is 48.5 Å². The van der Waals surface area contributed by atoms with Crippen LogP contribution in [0.15, 0.2) is 54.7 Å². The third-order valence-electron chi connectivity index (χ3n) is 2.81. The summed E-state index contributed by atoms with van der Waals surface area (Å²) in [7, 11) is 0. The lowest BCUT2D eigenvalue weighted by Gasteiger charge is -2.04. The van der Waals surface area contributed by atoms with E-state index >= 15 is 0 Å². The second-order valence-corrected chi connectivity index (χ2v) is 3.93. The number of rotatable bonds is 1. The van der Waals surface area contributed by atoms with Crippen molar-refractivity contribution in [1.82, 2.24) is 9.97 Å². The predicted octanol–water partition coefficient (Wildman–Crippen LogP) is 3.28. The largest absolute Gasteiger partial charge is 0.252 e. The minimum atomic E-state index is 0.808. The van der Waals surface area contributed by atoms with E-state index in [-0.39, 0.29) is 0 Å². The molecule has 0 unspecified atom stereocenters. The summed E-state index contributed by atoms with van der Waals surface area (Å²) in [6, 6.07) is 15.5. The molecule has 1 heterocycles. The van der Waals surface area contributed by atoms with Gasteiger partial charge in [-0.2, -0.15) is 0 Å². The van der Waals surface area contributed by atoms with Gasteiger partial charge in [-0.05, 0) is 18.2 Å². The van der Waals surface area contributed by atoms with Gasteiger partial charge >= 0.3 is 0 Å². The molecular weight excluding hydrogens is 220 g/mol. The molecule has 84 valence electrons. The molecule has 0 N–H and O–H groups in total. The van der Waals surface area contributed by atoms with Gasteiger partial charge in [0.15, 0.2) is 0 Å². The summed E-state index contributed by atoms with van der Waals surface area (Å²) in [4.78, 5) is 9.00. The number of fused-ring (bicyclic) bond motifs is 1. The molecule has 0 fully saturated rings. The zero-order valence-corrected chi connectivity index (χ0v) is 9.67. The highest BCUT2D eigenvalue weighted by Crippen LogP contribution is 2.22. The Morgan fingerprint density at radius 3 is 2.44 bits per heavy atom. The van der Waals surface area contributed by atoms with Crippen molar-refractivity contribution in [2.45, 2.75) is 0 Å². The van der Waals surface area contributed by atoms with Crippen molar-refractivity contribution in [1.29, 1.82) is 0 Å². The van der Waals surface area contributed by atoms with Crippen LogP contribution >= 0.6 is 0 Å². The quantitative estimate of drug-likeness (QED) is 0.599. The van der Waals surface area contributed by atoms with Crippen LogP contribution in [0.2, 0.25) is 0 Å². The van der Waals surface area contributed by atoms with Crippen molar-refractivity contribution in [3.05, 3.63) is 60.3 Å². The Bertz CT molecular complexity index is 754. The number of terminal acetylenes is 1. The lowest BCUT2D eigenvalue weighted by atomic mass is 10.1. The van der Waals surface area contributed by atoms with Crippen LogP contribution < -0.4 is 0 Å². The molecule has 3 rings (SSSR count). The average Bonchev–Trinajstić information content (AvgIpc) is 2.46. The van der Waals surface area contributed by atoms with Crippen molar-refractivity contribution in [2.24, 2.45) is 0 Å². The Balaban J connectivity index is 2.23.